The van der Waals surface area contributed by atoms with E-state index in [9.17, 15) is 4.79 Å². The van der Waals surface area contributed by atoms with Crippen molar-refractivity contribution in [2.45, 2.75) is 39.0 Å². The van der Waals surface area contributed by atoms with E-state index in [0.29, 0.717) is 6.54 Å². The fourth-order valence-electron chi connectivity index (χ4n) is 1.40. The van der Waals surface area contributed by atoms with Crippen molar-refractivity contribution in [2.24, 2.45) is 5.92 Å². The highest BCUT2D eigenvalue weighted by Crippen LogP contribution is 2.09. The van der Waals surface area contributed by atoms with Gasteiger partial charge in [0.05, 0.1) is 0 Å². The number of nitrogens with zero attached hydrogens (tertiary/aromatic N) is 1. The zero-order valence-electron chi connectivity index (χ0n) is 9.01. The molecule has 2 nitrogen and oxygen atoms in total. The molecule has 2 unspecified atom stereocenters. The molecule has 0 aromatic heterocycles. The average molecular weight is 206 g/mol. The number of halogens is 1. The van der Waals surface area contributed by atoms with Gasteiger partial charge in [-0.05, 0) is 13.3 Å². The van der Waals surface area contributed by atoms with Gasteiger partial charge in [0.1, 0.15) is 0 Å². The van der Waals surface area contributed by atoms with Crippen molar-refractivity contribution in [3.8, 4) is 0 Å². The topological polar surface area (TPSA) is 20.3 Å². The minimum absolute atomic E-state index is 0.0303. The molecule has 0 radical (unpaired) electrons. The molecule has 78 valence electrons. The standard InChI is InChI=1S/C10H20ClNO/c1-5-6-8(2)10(13)12(4)7-9(3)11/h8-9H,5-7H2,1-4H3. The summed E-state index contributed by atoms with van der Waals surface area (Å²) in [5.74, 6) is 0.333. The van der Waals surface area contributed by atoms with Crippen molar-refractivity contribution in [2.75, 3.05) is 13.6 Å². The Morgan fingerprint density at radius 2 is 2.00 bits per heavy atom. The summed E-state index contributed by atoms with van der Waals surface area (Å²) in [5, 5.41) is 0.0303. The summed E-state index contributed by atoms with van der Waals surface area (Å²) >= 11 is 5.80. The molecular formula is C10H20ClNO. The van der Waals surface area contributed by atoms with Gasteiger partial charge in [0, 0.05) is 24.9 Å². The van der Waals surface area contributed by atoms with E-state index in [1.54, 1.807) is 4.90 Å². The molecule has 1 amide bonds. The zero-order chi connectivity index (χ0) is 10.4. The van der Waals surface area contributed by atoms with Gasteiger partial charge in [-0.25, -0.2) is 0 Å². The third-order valence-corrected chi connectivity index (χ3v) is 2.18. The highest BCUT2D eigenvalue weighted by molar-refractivity contribution is 6.20. The summed E-state index contributed by atoms with van der Waals surface area (Å²) in [7, 11) is 1.81. The van der Waals surface area contributed by atoms with E-state index >= 15 is 0 Å². The van der Waals surface area contributed by atoms with E-state index in [1.807, 2.05) is 20.9 Å². The molecule has 2 atom stereocenters. The van der Waals surface area contributed by atoms with Crippen molar-refractivity contribution in [3.63, 3.8) is 0 Å². The monoisotopic (exact) mass is 205 g/mol. The Bertz CT molecular complexity index is 159. The Morgan fingerprint density at radius 1 is 1.46 bits per heavy atom. The van der Waals surface area contributed by atoms with Crippen LogP contribution in [0.4, 0.5) is 0 Å². The second-order valence-electron chi connectivity index (χ2n) is 3.69. The number of rotatable bonds is 5. The fraction of sp³-hybridized carbons (Fsp3) is 0.900. The van der Waals surface area contributed by atoms with Gasteiger partial charge in [-0.1, -0.05) is 20.3 Å². The van der Waals surface area contributed by atoms with Crippen LogP contribution in [0.25, 0.3) is 0 Å². The molecule has 0 saturated heterocycles. The number of amides is 1. The number of carbonyl (C=O) groups is 1. The summed E-state index contributed by atoms with van der Waals surface area (Å²) < 4.78 is 0. The van der Waals surface area contributed by atoms with Crippen LogP contribution in [0, 0.1) is 5.92 Å². The maximum absolute atomic E-state index is 11.6. The van der Waals surface area contributed by atoms with Crippen LogP contribution in [-0.2, 0) is 4.79 Å². The minimum Gasteiger partial charge on any atom is -0.344 e. The molecule has 0 aromatic rings. The van der Waals surface area contributed by atoms with Crippen molar-refractivity contribution < 1.29 is 4.79 Å². The SMILES string of the molecule is CCCC(C)C(=O)N(C)CC(C)Cl. The van der Waals surface area contributed by atoms with Gasteiger partial charge in [-0.3, -0.25) is 4.79 Å². The number of carbonyl (C=O) groups excluding carboxylic acids is 1. The first-order valence-corrected chi connectivity index (χ1v) is 5.31. The van der Waals surface area contributed by atoms with Gasteiger partial charge >= 0.3 is 0 Å². The van der Waals surface area contributed by atoms with Crippen LogP contribution in [0.2, 0.25) is 0 Å². The van der Waals surface area contributed by atoms with Gasteiger partial charge in [-0.2, -0.15) is 0 Å². The highest BCUT2D eigenvalue weighted by Gasteiger charge is 2.17. The minimum atomic E-state index is 0.0303. The first-order valence-electron chi connectivity index (χ1n) is 4.88. The fourth-order valence-corrected chi connectivity index (χ4v) is 1.61. The van der Waals surface area contributed by atoms with Crippen molar-refractivity contribution in [1.82, 2.24) is 4.90 Å². The van der Waals surface area contributed by atoms with E-state index in [0.717, 1.165) is 12.8 Å². The normalized spacial score (nSPS) is 15.2. The van der Waals surface area contributed by atoms with Crippen LogP contribution < -0.4 is 0 Å². The lowest BCUT2D eigenvalue weighted by Crippen LogP contribution is -2.35. The van der Waals surface area contributed by atoms with Crippen molar-refractivity contribution >= 4 is 17.5 Å². The van der Waals surface area contributed by atoms with Gasteiger partial charge in [-0.15, -0.1) is 11.6 Å². The Balaban J connectivity index is 3.94. The molecule has 0 rings (SSSR count). The van der Waals surface area contributed by atoms with Crippen LogP contribution in [0.1, 0.15) is 33.6 Å². The van der Waals surface area contributed by atoms with Gasteiger partial charge in [0.25, 0.3) is 0 Å². The Morgan fingerprint density at radius 3 is 2.38 bits per heavy atom. The largest absolute Gasteiger partial charge is 0.344 e. The number of hydrogen-bond donors (Lipinski definition) is 0. The van der Waals surface area contributed by atoms with Gasteiger partial charge < -0.3 is 4.90 Å². The lowest BCUT2D eigenvalue weighted by atomic mass is 10.1. The molecule has 13 heavy (non-hydrogen) atoms. The Hall–Kier alpha value is -0.240. The van der Waals surface area contributed by atoms with Crippen molar-refractivity contribution in [3.05, 3.63) is 0 Å². The lowest BCUT2D eigenvalue weighted by Gasteiger charge is -2.22. The summed E-state index contributed by atoms with van der Waals surface area (Å²) in [6.07, 6.45) is 2.01. The molecule has 0 aliphatic rings. The van der Waals surface area contributed by atoms with Gasteiger partial charge in [0.2, 0.25) is 5.91 Å². The maximum atomic E-state index is 11.6. The zero-order valence-corrected chi connectivity index (χ0v) is 9.77. The summed E-state index contributed by atoms with van der Waals surface area (Å²) in [6, 6.07) is 0. The average Bonchev–Trinajstić information content (AvgIpc) is 2.02. The molecular weight excluding hydrogens is 186 g/mol. The third kappa shape index (κ3) is 5.14. The lowest BCUT2D eigenvalue weighted by molar-refractivity contribution is -0.133. The molecule has 0 N–H and O–H groups in total. The molecule has 0 bridgehead atoms. The molecule has 0 heterocycles. The van der Waals surface area contributed by atoms with Crippen LogP contribution in [-0.4, -0.2) is 29.8 Å². The highest BCUT2D eigenvalue weighted by atomic mass is 35.5. The molecule has 0 aliphatic carbocycles. The first kappa shape index (κ1) is 12.8. The van der Waals surface area contributed by atoms with E-state index in [4.69, 9.17) is 11.6 Å². The second kappa shape index (κ2) is 6.25. The van der Waals surface area contributed by atoms with Crippen molar-refractivity contribution in [1.29, 1.82) is 0 Å². The Kier molecular flexibility index (Phi) is 6.13. The van der Waals surface area contributed by atoms with Crippen LogP contribution in [0.3, 0.4) is 0 Å². The first-order chi connectivity index (χ1) is 5.99. The predicted molar refractivity (Wildman–Crippen MR) is 57.0 cm³/mol. The molecule has 0 fully saturated rings. The summed E-state index contributed by atoms with van der Waals surface area (Å²) in [4.78, 5) is 13.4. The smallest absolute Gasteiger partial charge is 0.225 e. The quantitative estimate of drug-likeness (QED) is 0.632. The molecule has 0 spiro atoms. The summed E-state index contributed by atoms with van der Waals surface area (Å²) in [5.41, 5.74) is 0. The van der Waals surface area contributed by atoms with Crippen LogP contribution in [0.15, 0.2) is 0 Å². The van der Waals surface area contributed by atoms with Crippen LogP contribution >= 0.6 is 11.6 Å². The molecule has 0 saturated carbocycles. The van der Waals surface area contributed by atoms with E-state index < -0.39 is 0 Å². The van der Waals surface area contributed by atoms with E-state index in [-0.39, 0.29) is 17.2 Å². The number of hydrogen-bond acceptors (Lipinski definition) is 1. The molecule has 0 aliphatic heterocycles. The predicted octanol–water partition coefficient (Wildman–Crippen LogP) is 2.51. The Labute approximate surface area is 86.2 Å². The molecule has 3 heteroatoms. The summed E-state index contributed by atoms with van der Waals surface area (Å²) in [6.45, 7) is 6.60. The number of alkyl halides is 1. The van der Waals surface area contributed by atoms with Crippen LogP contribution in [0.5, 0.6) is 0 Å². The third-order valence-electron chi connectivity index (χ3n) is 2.04. The van der Waals surface area contributed by atoms with E-state index in [1.165, 1.54) is 0 Å². The van der Waals surface area contributed by atoms with E-state index in [2.05, 4.69) is 6.92 Å². The molecule has 0 aromatic carbocycles. The van der Waals surface area contributed by atoms with Gasteiger partial charge in [0.15, 0.2) is 0 Å². The second-order valence-corrected chi connectivity index (χ2v) is 4.43. The maximum Gasteiger partial charge on any atom is 0.225 e.